The second kappa shape index (κ2) is 9.05. The Labute approximate surface area is 183 Å². The molecule has 1 atom stereocenters. The smallest absolute Gasteiger partial charge is 0.397 e. The van der Waals surface area contributed by atoms with Crippen LogP contribution in [0.5, 0.6) is 5.75 Å². The molecule has 0 unspecified atom stereocenters. The molecule has 10 heteroatoms. The topological polar surface area (TPSA) is 74.8 Å². The fourth-order valence-electron chi connectivity index (χ4n) is 3.82. The van der Waals surface area contributed by atoms with Crippen LogP contribution in [0.2, 0.25) is 0 Å². The number of pyridine rings is 1. The van der Waals surface area contributed by atoms with Gasteiger partial charge < -0.3 is 19.9 Å². The van der Waals surface area contributed by atoms with Crippen molar-refractivity contribution < 1.29 is 27.5 Å². The number of aromatic nitrogens is 1. The zero-order valence-electron chi connectivity index (χ0n) is 17.2. The van der Waals surface area contributed by atoms with Gasteiger partial charge in [-0.15, -0.1) is 0 Å². The van der Waals surface area contributed by atoms with E-state index in [1.807, 2.05) is 18.3 Å². The highest BCUT2D eigenvalue weighted by Crippen LogP contribution is 2.28. The number of urea groups is 1. The quantitative estimate of drug-likeness (QED) is 0.758. The Morgan fingerprint density at radius 2 is 1.84 bits per heavy atom. The van der Waals surface area contributed by atoms with Crippen molar-refractivity contribution in [2.75, 3.05) is 31.5 Å². The summed E-state index contributed by atoms with van der Waals surface area (Å²) in [6, 6.07) is 10.5. The highest BCUT2D eigenvalue weighted by molar-refractivity contribution is 5.90. The number of amides is 3. The first-order valence-corrected chi connectivity index (χ1v) is 10.3. The summed E-state index contributed by atoms with van der Waals surface area (Å²) in [5.74, 6) is -0.114. The molecule has 2 saturated heterocycles. The van der Waals surface area contributed by atoms with Crippen LogP contribution in [0.4, 0.5) is 23.7 Å². The molecule has 0 aliphatic carbocycles. The van der Waals surface area contributed by atoms with Crippen LogP contribution in [0.3, 0.4) is 0 Å². The SMILES string of the molecule is O=C(CC(F)(F)F)N1CC[C@H](Oc2ccc(NC(=O)N3CC(c4cccnc4)C3)cc2)C1. The fourth-order valence-corrected chi connectivity index (χ4v) is 3.82. The Hall–Kier alpha value is -3.30. The lowest BCUT2D eigenvalue weighted by atomic mass is 9.93. The van der Waals surface area contributed by atoms with Gasteiger partial charge >= 0.3 is 12.2 Å². The van der Waals surface area contributed by atoms with Crippen molar-refractivity contribution in [2.45, 2.75) is 31.0 Å². The van der Waals surface area contributed by atoms with E-state index in [-0.39, 0.29) is 25.2 Å². The van der Waals surface area contributed by atoms with Gasteiger partial charge in [-0.3, -0.25) is 9.78 Å². The minimum atomic E-state index is -4.51. The number of carbonyl (C=O) groups excluding carboxylic acids is 2. The number of rotatable bonds is 5. The van der Waals surface area contributed by atoms with Gasteiger partial charge in [0, 0.05) is 50.1 Å². The van der Waals surface area contributed by atoms with Gasteiger partial charge in [-0.05, 0) is 35.9 Å². The molecule has 0 spiro atoms. The van der Waals surface area contributed by atoms with Gasteiger partial charge in [-0.1, -0.05) is 6.07 Å². The summed E-state index contributed by atoms with van der Waals surface area (Å²) in [5.41, 5.74) is 1.73. The van der Waals surface area contributed by atoms with Gasteiger partial charge in [-0.2, -0.15) is 13.2 Å². The Morgan fingerprint density at radius 1 is 1.09 bits per heavy atom. The number of ether oxygens (including phenoxy) is 1. The lowest BCUT2D eigenvalue weighted by Crippen LogP contribution is -2.50. The molecular weight excluding hydrogens is 425 g/mol. The third-order valence-corrected chi connectivity index (χ3v) is 5.58. The summed E-state index contributed by atoms with van der Waals surface area (Å²) in [5, 5.41) is 2.84. The third-order valence-electron chi connectivity index (χ3n) is 5.58. The predicted octanol–water partition coefficient (Wildman–Crippen LogP) is 3.65. The van der Waals surface area contributed by atoms with Crippen LogP contribution in [0.15, 0.2) is 48.8 Å². The zero-order valence-corrected chi connectivity index (χ0v) is 17.2. The Morgan fingerprint density at radius 3 is 2.50 bits per heavy atom. The lowest BCUT2D eigenvalue weighted by Gasteiger charge is -2.39. The highest BCUT2D eigenvalue weighted by atomic mass is 19.4. The number of hydrogen-bond donors (Lipinski definition) is 1. The molecule has 3 amide bonds. The van der Waals surface area contributed by atoms with E-state index in [0.717, 1.165) is 5.56 Å². The number of nitrogens with zero attached hydrogens (tertiary/aromatic N) is 3. The van der Waals surface area contributed by atoms with Crippen molar-refractivity contribution in [2.24, 2.45) is 0 Å². The van der Waals surface area contributed by atoms with Gasteiger partial charge in [-0.25, -0.2) is 4.79 Å². The van der Waals surface area contributed by atoms with E-state index < -0.39 is 18.5 Å². The van der Waals surface area contributed by atoms with Crippen molar-refractivity contribution in [3.8, 4) is 5.75 Å². The molecule has 2 aromatic rings. The van der Waals surface area contributed by atoms with Crippen LogP contribution in [-0.4, -0.2) is 65.2 Å². The molecule has 0 saturated carbocycles. The molecule has 1 N–H and O–H groups in total. The standard InChI is InChI=1S/C22H23F3N4O3/c23-22(24,25)10-20(30)28-9-7-19(14-28)32-18-5-3-17(4-6-18)27-21(31)29-12-16(13-29)15-2-1-8-26-11-15/h1-6,8,11,16,19H,7,9-10,12-14H2,(H,27,31)/t19-/m0/s1. The van der Waals surface area contributed by atoms with Crippen LogP contribution < -0.4 is 10.1 Å². The van der Waals surface area contributed by atoms with Crippen LogP contribution in [-0.2, 0) is 4.79 Å². The zero-order chi connectivity index (χ0) is 22.7. The second-order valence-electron chi connectivity index (χ2n) is 8.00. The molecule has 1 aromatic carbocycles. The summed E-state index contributed by atoms with van der Waals surface area (Å²) in [6.45, 7) is 1.62. The number of likely N-dealkylation sites (tertiary alicyclic amines) is 2. The summed E-state index contributed by atoms with van der Waals surface area (Å²) in [7, 11) is 0. The van der Waals surface area contributed by atoms with Gasteiger partial charge in [0.2, 0.25) is 5.91 Å². The van der Waals surface area contributed by atoms with Crippen LogP contribution in [0, 0.1) is 0 Å². The molecule has 170 valence electrons. The Bertz CT molecular complexity index is 947. The first-order chi connectivity index (χ1) is 15.3. The molecule has 0 bridgehead atoms. The predicted molar refractivity (Wildman–Crippen MR) is 110 cm³/mol. The lowest BCUT2D eigenvalue weighted by molar-refractivity contribution is -0.160. The average molecular weight is 448 g/mol. The summed E-state index contributed by atoms with van der Waals surface area (Å²) >= 11 is 0. The highest BCUT2D eigenvalue weighted by Gasteiger charge is 2.36. The summed E-state index contributed by atoms with van der Waals surface area (Å²) < 4.78 is 43.0. The minimum Gasteiger partial charge on any atom is -0.489 e. The number of alkyl halides is 3. The second-order valence-corrected chi connectivity index (χ2v) is 8.00. The fraction of sp³-hybridized carbons (Fsp3) is 0.409. The Balaban J connectivity index is 1.22. The maximum absolute atomic E-state index is 12.4. The van der Waals surface area contributed by atoms with Crippen molar-refractivity contribution in [1.29, 1.82) is 0 Å². The molecule has 2 fully saturated rings. The number of anilines is 1. The number of hydrogen-bond acceptors (Lipinski definition) is 4. The van der Waals surface area contributed by atoms with E-state index in [0.29, 0.717) is 36.9 Å². The molecule has 0 radical (unpaired) electrons. The van der Waals surface area contributed by atoms with Gasteiger partial charge in [0.1, 0.15) is 18.3 Å². The van der Waals surface area contributed by atoms with Gasteiger partial charge in [0.05, 0.1) is 6.54 Å². The van der Waals surface area contributed by atoms with Gasteiger partial charge in [0.25, 0.3) is 0 Å². The van der Waals surface area contributed by atoms with E-state index >= 15 is 0 Å². The molecule has 4 rings (SSSR count). The molecule has 3 heterocycles. The summed E-state index contributed by atoms with van der Waals surface area (Å²) in [4.78, 5) is 31.1. The van der Waals surface area contributed by atoms with Crippen molar-refractivity contribution in [3.63, 3.8) is 0 Å². The Kier molecular flexibility index (Phi) is 6.20. The van der Waals surface area contributed by atoms with E-state index in [1.165, 1.54) is 4.90 Å². The molecule has 1 aromatic heterocycles. The van der Waals surface area contributed by atoms with Crippen LogP contribution in [0.25, 0.3) is 0 Å². The molecule has 2 aliphatic rings. The molecule has 32 heavy (non-hydrogen) atoms. The normalized spacial score (nSPS) is 18.9. The first-order valence-electron chi connectivity index (χ1n) is 10.3. The average Bonchev–Trinajstić information content (AvgIpc) is 3.17. The minimum absolute atomic E-state index is 0.125. The largest absolute Gasteiger partial charge is 0.489 e. The molecule has 7 nitrogen and oxygen atoms in total. The van der Waals surface area contributed by atoms with E-state index in [4.69, 9.17) is 4.74 Å². The first kappa shape index (κ1) is 21.9. The molecule has 2 aliphatic heterocycles. The number of carbonyl (C=O) groups is 2. The number of nitrogens with one attached hydrogen (secondary N) is 1. The van der Waals surface area contributed by atoms with Crippen molar-refractivity contribution in [3.05, 3.63) is 54.4 Å². The maximum atomic E-state index is 12.4. The monoisotopic (exact) mass is 448 g/mol. The number of halogens is 3. The van der Waals surface area contributed by atoms with Crippen molar-refractivity contribution in [1.82, 2.24) is 14.8 Å². The third kappa shape index (κ3) is 5.49. The maximum Gasteiger partial charge on any atom is 0.397 e. The summed E-state index contributed by atoms with van der Waals surface area (Å²) in [6.07, 6.45) is -2.32. The molecular formula is C22H23F3N4O3. The number of benzene rings is 1. The van der Waals surface area contributed by atoms with Gasteiger partial charge in [0.15, 0.2) is 0 Å². The van der Waals surface area contributed by atoms with Crippen LogP contribution in [0.1, 0.15) is 24.3 Å². The van der Waals surface area contributed by atoms with Crippen molar-refractivity contribution >= 4 is 17.6 Å². The van der Waals surface area contributed by atoms with E-state index in [1.54, 1.807) is 35.4 Å². The van der Waals surface area contributed by atoms with E-state index in [9.17, 15) is 22.8 Å². The van der Waals surface area contributed by atoms with Crippen LogP contribution >= 0.6 is 0 Å². The van der Waals surface area contributed by atoms with E-state index in [2.05, 4.69) is 10.3 Å².